The highest BCUT2D eigenvalue weighted by Gasteiger charge is 2.60. The Labute approximate surface area is 154 Å². The number of fused-ring (bicyclic) bond motifs is 3. The summed E-state index contributed by atoms with van der Waals surface area (Å²) in [6.07, 6.45) is -3.27. The van der Waals surface area contributed by atoms with Crippen molar-refractivity contribution in [2.75, 3.05) is 0 Å². The van der Waals surface area contributed by atoms with Gasteiger partial charge in [0.2, 0.25) is 6.39 Å². The molecule has 0 saturated heterocycles. The van der Waals surface area contributed by atoms with Gasteiger partial charge in [-0.05, 0) is 29.7 Å². The van der Waals surface area contributed by atoms with Gasteiger partial charge in [0.15, 0.2) is 0 Å². The molecule has 0 atom stereocenters. The van der Waals surface area contributed by atoms with E-state index in [4.69, 9.17) is 4.42 Å². The zero-order valence-electron chi connectivity index (χ0n) is 14.5. The fraction of sp³-hybridized carbons (Fsp3) is 0.294. The number of hydrogen-bond acceptors (Lipinski definition) is 5. The third kappa shape index (κ3) is 2.69. The first-order valence-corrected chi connectivity index (χ1v) is 8.14. The van der Waals surface area contributed by atoms with E-state index in [1.54, 1.807) is 26.0 Å². The molecule has 4 rings (SSSR count). The quantitative estimate of drug-likeness (QED) is 0.469. The molecular formula is C17H12F5N5O. The molecule has 0 aliphatic carbocycles. The van der Waals surface area contributed by atoms with Crippen LogP contribution in [0.4, 0.5) is 22.0 Å². The normalized spacial score (nSPS) is 13.1. The van der Waals surface area contributed by atoms with Crippen LogP contribution in [-0.2, 0) is 5.92 Å². The first-order valence-electron chi connectivity index (χ1n) is 8.14. The lowest BCUT2D eigenvalue weighted by Gasteiger charge is -2.21. The number of halogens is 5. The van der Waals surface area contributed by atoms with Crippen LogP contribution in [0.15, 0.2) is 35.2 Å². The Balaban J connectivity index is 2.05. The summed E-state index contributed by atoms with van der Waals surface area (Å²) in [7, 11) is 0. The minimum atomic E-state index is -5.76. The highest BCUT2D eigenvalue weighted by atomic mass is 19.4. The molecule has 28 heavy (non-hydrogen) atoms. The second kappa shape index (κ2) is 5.94. The van der Waals surface area contributed by atoms with E-state index in [0.29, 0.717) is 10.9 Å². The van der Waals surface area contributed by atoms with Gasteiger partial charge in [0.25, 0.3) is 5.89 Å². The summed E-state index contributed by atoms with van der Waals surface area (Å²) in [6, 6.07) is 4.01. The van der Waals surface area contributed by atoms with Gasteiger partial charge in [0, 0.05) is 11.6 Å². The van der Waals surface area contributed by atoms with Crippen molar-refractivity contribution < 1.29 is 26.4 Å². The van der Waals surface area contributed by atoms with Gasteiger partial charge in [-0.1, -0.05) is 13.8 Å². The number of pyridine rings is 2. The van der Waals surface area contributed by atoms with Gasteiger partial charge in [-0.3, -0.25) is 4.40 Å². The molecule has 11 heteroatoms. The van der Waals surface area contributed by atoms with E-state index >= 15 is 0 Å². The largest absolute Gasteiger partial charge is 0.459 e. The van der Waals surface area contributed by atoms with E-state index in [0.717, 1.165) is 12.5 Å². The molecule has 0 spiro atoms. The van der Waals surface area contributed by atoms with Crippen molar-refractivity contribution in [1.82, 2.24) is 24.6 Å². The molecule has 4 heterocycles. The molecule has 0 aliphatic rings. The van der Waals surface area contributed by atoms with Gasteiger partial charge in [0.05, 0.1) is 0 Å². The van der Waals surface area contributed by atoms with Crippen LogP contribution in [0.25, 0.3) is 28.3 Å². The minimum Gasteiger partial charge on any atom is -0.422 e. The maximum absolute atomic E-state index is 14.0. The van der Waals surface area contributed by atoms with E-state index in [1.165, 1.54) is 10.6 Å². The van der Waals surface area contributed by atoms with Gasteiger partial charge >= 0.3 is 12.1 Å². The average molecular weight is 397 g/mol. The lowest BCUT2D eigenvalue weighted by Crippen LogP contribution is -2.34. The monoisotopic (exact) mass is 397 g/mol. The highest BCUT2D eigenvalue weighted by Crippen LogP contribution is 2.44. The molecule has 0 aromatic carbocycles. The number of hydrogen-bond donors (Lipinski definition) is 0. The lowest BCUT2D eigenvalue weighted by molar-refractivity contribution is -0.290. The standard InChI is InChI=1S/C17H12F5N5O/c1-8(2)10-5-12(16(18,19)17(20,21)22)25-14-9(10)3-4-13-24-11(6-27(13)14)15-26-23-7-28-15/h3-8H,1-2H3. The van der Waals surface area contributed by atoms with Crippen molar-refractivity contribution in [3.05, 3.63) is 42.0 Å². The van der Waals surface area contributed by atoms with Crippen LogP contribution in [-0.4, -0.2) is 30.7 Å². The zero-order chi connectivity index (χ0) is 20.3. The summed E-state index contributed by atoms with van der Waals surface area (Å²) in [6.45, 7) is 3.40. The Kier molecular flexibility index (Phi) is 3.88. The fourth-order valence-electron chi connectivity index (χ4n) is 2.93. The number of alkyl halides is 5. The van der Waals surface area contributed by atoms with E-state index < -0.39 is 17.8 Å². The summed E-state index contributed by atoms with van der Waals surface area (Å²) in [4.78, 5) is 7.90. The number of nitrogens with zero attached hydrogens (tertiary/aromatic N) is 5. The van der Waals surface area contributed by atoms with Crippen molar-refractivity contribution in [1.29, 1.82) is 0 Å². The Morgan fingerprint density at radius 2 is 1.82 bits per heavy atom. The molecule has 0 amide bonds. The zero-order valence-corrected chi connectivity index (χ0v) is 14.5. The van der Waals surface area contributed by atoms with Crippen LogP contribution < -0.4 is 0 Å². The van der Waals surface area contributed by atoms with Gasteiger partial charge in [0.1, 0.15) is 22.7 Å². The first-order chi connectivity index (χ1) is 13.1. The second-order valence-electron chi connectivity index (χ2n) is 6.49. The molecule has 0 N–H and O–H groups in total. The van der Waals surface area contributed by atoms with Crippen molar-refractivity contribution in [3.63, 3.8) is 0 Å². The van der Waals surface area contributed by atoms with Crippen LogP contribution in [0.1, 0.15) is 31.0 Å². The number of aromatic nitrogens is 5. The predicted molar refractivity (Wildman–Crippen MR) is 87.8 cm³/mol. The van der Waals surface area contributed by atoms with E-state index in [-0.39, 0.29) is 28.8 Å². The van der Waals surface area contributed by atoms with Crippen molar-refractivity contribution in [2.45, 2.75) is 31.9 Å². The topological polar surface area (TPSA) is 69.1 Å². The number of rotatable bonds is 3. The summed E-state index contributed by atoms with van der Waals surface area (Å²) in [5.74, 6) is -5.33. The Bertz CT molecular complexity index is 1160. The summed E-state index contributed by atoms with van der Waals surface area (Å²) in [5.41, 5.74) is -0.585. The first kappa shape index (κ1) is 18.3. The maximum atomic E-state index is 14.0. The Hall–Kier alpha value is -3.11. The predicted octanol–water partition coefficient (Wildman–Crippen LogP) is 4.71. The third-order valence-electron chi connectivity index (χ3n) is 4.31. The third-order valence-corrected chi connectivity index (χ3v) is 4.31. The molecule has 0 saturated carbocycles. The number of imidazole rings is 1. The fourth-order valence-corrected chi connectivity index (χ4v) is 2.93. The Morgan fingerprint density at radius 1 is 1.07 bits per heavy atom. The van der Waals surface area contributed by atoms with Gasteiger partial charge in [-0.25, -0.2) is 9.97 Å². The van der Waals surface area contributed by atoms with Crippen LogP contribution in [0.3, 0.4) is 0 Å². The highest BCUT2D eigenvalue weighted by molar-refractivity contribution is 5.83. The van der Waals surface area contributed by atoms with Crippen molar-refractivity contribution in [3.8, 4) is 11.6 Å². The smallest absolute Gasteiger partial charge is 0.422 e. The molecule has 0 unspecified atom stereocenters. The molecule has 0 fully saturated rings. The lowest BCUT2D eigenvalue weighted by atomic mass is 9.98. The van der Waals surface area contributed by atoms with E-state index in [2.05, 4.69) is 20.2 Å². The van der Waals surface area contributed by atoms with Crippen LogP contribution in [0.5, 0.6) is 0 Å². The molecule has 0 aliphatic heterocycles. The van der Waals surface area contributed by atoms with Gasteiger partial charge < -0.3 is 4.42 Å². The van der Waals surface area contributed by atoms with Gasteiger partial charge in [-0.15, -0.1) is 10.2 Å². The second-order valence-corrected chi connectivity index (χ2v) is 6.49. The molecular weight excluding hydrogens is 385 g/mol. The average Bonchev–Trinajstić information content (AvgIpc) is 3.28. The van der Waals surface area contributed by atoms with E-state index in [1.807, 2.05) is 0 Å². The van der Waals surface area contributed by atoms with Crippen molar-refractivity contribution >= 4 is 16.7 Å². The summed E-state index contributed by atoms with van der Waals surface area (Å²) < 4.78 is 73.2. The summed E-state index contributed by atoms with van der Waals surface area (Å²) >= 11 is 0. The maximum Gasteiger partial charge on any atom is 0.459 e. The summed E-state index contributed by atoms with van der Waals surface area (Å²) in [5, 5.41) is 7.69. The van der Waals surface area contributed by atoms with Crippen molar-refractivity contribution in [2.24, 2.45) is 0 Å². The molecule has 0 radical (unpaired) electrons. The Morgan fingerprint density at radius 3 is 2.43 bits per heavy atom. The molecule has 146 valence electrons. The molecule has 0 bridgehead atoms. The molecule has 4 aromatic heterocycles. The van der Waals surface area contributed by atoms with Crippen LogP contribution in [0, 0.1) is 0 Å². The van der Waals surface area contributed by atoms with Gasteiger partial charge in [-0.2, -0.15) is 22.0 Å². The molecule has 6 nitrogen and oxygen atoms in total. The minimum absolute atomic E-state index is 0.0686. The van der Waals surface area contributed by atoms with Crippen LogP contribution >= 0.6 is 0 Å². The SMILES string of the molecule is CC(C)c1cc(C(F)(F)C(F)(F)F)nc2c1ccc1nc(-c3nnco3)cn12. The van der Waals surface area contributed by atoms with Crippen LogP contribution in [0.2, 0.25) is 0 Å². The molecule has 4 aromatic rings. The van der Waals surface area contributed by atoms with E-state index in [9.17, 15) is 22.0 Å².